The summed E-state index contributed by atoms with van der Waals surface area (Å²) in [6, 6.07) is 24.0. The molecule has 3 heterocycles. The van der Waals surface area contributed by atoms with Crippen molar-refractivity contribution in [3.05, 3.63) is 77.8 Å². The summed E-state index contributed by atoms with van der Waals surface area (Å²) in [6.07, 6.45) is 1.49. The zero-order valence-corrected chi connectivity index (χ0v) is 20.3. The minimum Gasteiger partial charge on any atom is -0.489 e. The normalized spacial score (nSPS) is 17.5. The number of hydrogen-bond acceptors (Lipinski definition) is 7. The number of rotatable bonds is 7. The van der Waals surface area contributed by atoms with Gasteiger partial charge in [-0.15, -0.1) is 0 Å². The van der Waals surface area contributed by atoms with E-state index < -0.39 is 0 Å². The van der Waals surface area contributed by atoms with E-state index in [1.165, 1.54) is 19.5 Å². The van der Waals surface area contributed by atoms with Crippen molar-refractivity contribution in [3.63, 3.8) is 0 Å². The number of fused-ring (bicyclic) bond motifs is 2. The van der Waals surface area contributed by atoms with Crippen LogP contribution in [-0.2, 0) is 0 Å². The van der Waals surface area contributed by atoms with Crippen molar-refractivity contribution in [2.24, 2.45) is 0 Å². The van der Waals surface area contributed by atoms with E-state index in [0.29, 0.717) is 28.1 Å². The van der Waals surface area contributed by atoms with Crippen LogP contribution in [0.3, 0.4) is 0 Å². The minimum atomic E-state index is -0.0753. The molecular formula is C27H28ClN5O2. The van der Waals surface area contributed by atoms with E-state index in [1.807, 2.05) is 84.7 Å². The summed E-state index contributed by atoms with van der Waals surface area (Å²) in [5.41, 5.74) is 2.48. The highest BCUT2D eigenvalue weighted by atomic mass is 35.5. The molecule has 0 aliphatic carbocycles. The van der Waals surface area contributed by atoms with Crippen molar-refractivity contribution in [2.45, 2.75) is 12.5 Å². The molecule has 2 fully saturated rings. The lowest BCUT2D eigenvalue weighted by Crippen LogP contribution is -2.16. The van der Waals surface area contributed by atoms with Crippen LogP contribution >= 0.6 is 11.6 Å². The number of aromatic nitrogens is 2. The molecule has 1 aromatic heterocycles. The summed E-state index contributed by atoms with van der Waals surface area (Å²) in [5.74, 6) is 1.76. The zero-order chi connectivity index (χ0) is 24.2. The summed E-state index contributed by atoms with van der Waals surface area (Å²) in [7, 11) is 1.92. The van der Waals surface area contributed by atoms with Gasteiger partial charge in [-0.05, 0) is 55.0 Å². The predicted octanol–water partition coefficient (Wildman–Crippen LogP) is 5.24. The molecule has 0 spiro atoms. The molecule has 3 aromatic carbocycles. The van der Waals surface area contributed by atoms with Gasteiger partial charge in [0, 0.05) is 48.0 Å². The van der Waals surface area contributed by atoms with Gasteiger partial charge in [0.25, 0.3) is 0 Å². The summed E-state index contributed by atoms with van der Waals surface area (Å²) >= 11 is 6.02. The minimum absolute atomic E-state index is 0.0753. The smallest absolute Gasteiger partial charge is 0.232 e. The third-order valence-corrected chi connectivity index (χ3v) is 6.41. The van der Waals surface area contributed by atoms with Gasteiger partial charge in [-0.3, -0.25) is 4.90 Å². The molecule has 0 amide bonds. The Kier molecular flexibility index (Phi) is 6.99. The number of hydrogen-bond donors (Lipinski definition) is 2. The molecule has 7 nitrogen and oxygen atoms in total. The molecule has 2 saturated heterocycles. The van der Waals surface area contributed by atoms with Crippen LogP contribution in [0.4, 0.5) is 23.1 Å². The number of anilines is 4. The van der Waals surface area contributed by atoms with E-state index >= 15 is 0 Å². The quantitative estimate of drug-likeness (QED) is 0.344. The summed E-state index contributed by atoms with van der Waals surface area (Å²) < 4.78 is 5.73. The number of benzene rings is 3. The van der Waals surface area contributed by atoms with E-state index in [9.17, 15) is 5.11 Å². The molecule has 2 N–H and O–H groups in total. The Morgan fingerprint density at radius 2 is 1.83 bits per heavy atom. The number of nitrogens with zero attached hydrogens (tertiary/aromatic N) is 4. The van der Waals surface area contributed by atoms with Crippen molar-refractivity contribution < 1.29 is 9.84 Å². The average Bonchev–Trinajstić information content (AvgIpc) is 3.49. The Morgan fingerprint density at radius 3 is 2.46 bits per heavy atom. The first kappa shape index (κ1) is 23.4. The van der Waals surface area contributed by atoms with Crippen LogP contribution in [0.5, 0.6) is 5.75 Å². The Hall–Kier alpha value is -3.39. The van der Waals surface area contributed by atoms with Crippen LogP contribution in [0.25, 0.3) is 10.9 Å². The standard InChI is InChI=1S/C23H21ClN4O2.C4H7N/c1-28(18-6-3-2-4-7-18)23-26-21-19(8-5-9-20(21)30-15-14-29)22(27-23)25-17-12-10-16(24)11-13-17;1-2-5-3-4(1)5/h2-13,29H,14-15H2,1H3,(H,25,26,27);4H,1-3H2. The first-order chi connectivity index (χ1) is 17.1. The number of aliphatic hydroxyl groups is 1. The highest BCUT2D eigenvalue weighted by molar-refractivity contribution is 6.30. The van der Waals surface area contributed by atoms with Gasteiger partial charge in [-0.2, -0.15) is 4.98 Å². The second-order valence-corrected chi connectivity index (χ2v) is 9.00. The first-order valence-corrected chi connectivity index (χ1v) is 12.1. The van der Waals surface area contributed by atoms with Crippen LogP contribution in [0, 0.1) is 0 Å². The molecule has 180 valence electrons. The number of ether oxygens (including phenoxy) is 1. The summed E-state index contributed by atoms with van der Waals surface area (Å²) in [4.78, 5) is 13.9. The zero-order valence-electron chi connectivity index (χ0n) is 19.6. The molecule has 2 aliphatic heterocycles. The third kappa shape index (κ3) is 5.48. The van der Waals surface area contributed by atoms with Gasteiger partial charge in [0.1, 0.15) is 23.7 Å². The molecule has 4 aromatic rings. The van der Waals surface area contributed by atoms with Gasteiger partial charge in [-0.25, -0.2) is 4.98 Å². The molecule has 0 radical (unpaired) electrons. The fourth-order valence-electron chi connectivity index (χ4n) is 3.97. The van der Waals surface area contributed by atoms with Crippen molar-refractivity contribution >= 4 is 45.6 Å². The molecule has 8 heteroatoms. The van der Waals surface area contributed by atoms with Crippen molar-refractivity contribution in [1.82, 2.24) is 14.9 Å². The number of para-hydroxylation sites is 2. The Morgan fingerprint density at radius 1 is 1.06 bits per heavy atom. The van der Waals surface area contributed by atoms with E-state index in [1.54, 1.807) is 0 Å². The lowest BCUT2D eigenvalue weighted by molar-refractivity contribution is 0.202. The molecular weight excluding hydrogens is 462 g/mol. The van der Waals surface area contributed by atoms with Crippen LogP contribution in [0.1, 0.15) is 6.42 Å². The largest absolute Gasteiger partial charge is 0.489 e. The van der Waals surface area contributed by atoms with Gasteiger partial charge < -0.3 is 20.1 Å². The SMILES string of the molecule is C1CN2CC12.CN(c1ccccc1)c1nc(Nc2ccc(Cl)cc2)c2cccc(OCCO)c2n1. The average molecular weight is 490 g/mol. The molecule has 2 atom stereocenters. The number of nitrogens with one attached hydrogen (secondary N) is 1. The topological polar surface area (TPSA) is 73.5 Å². The second-order valence-electron chi connectivity index (χ2n) is 8.56. The van der Waals surface area contributed by atoms with E-state index in [2.05, 4.69) is 10.2 Å². The molecule has 35 heavy (non-hydrogen) atoms. The first-order valence-electron chi connectivity index (χ1n) is 11.7. The molecule has 0 bridgehead atoms. The van der Waals surface area contributed by atoms with Gasteiger partial charge in [0.2, 0.25) is 5.95 Å². The van der Waals surface area contributed by atoms with E-state index in [4.69, 9.17) is 26.3 Å². The van der Waals surface area contributed by atoms with Crippen LogP contribution < -0.4 is 15.0 Å². The molecule has 2 aliphatic rings. The number of halogens is 1. The van der Waals surface area contributed by atoms with Gasteiger partial charge in [0.15, 0.2) is 0 Å². The summed E-state index contributed by atoms with van der Waals surface area (Å²) in [5, 5.41) is 14.0. The second kappa shape index (κ2) is 10.5. The van der Waals surface area contributed by atoms with Crippen molar-refractivity contribution in [3.8, 4) is 5.75 Å². The maximum absolute atomic E-state index is 9.17. The highest BCUT2D eigenvalue weighted by Gasteiger charge is 2.41. The Labute approximate surface area is 209 Å². The third-order valence-electron chi connectivity index (χ3n) is 6.15. The monoisotopic (exact) mass is 489 g/mol. The molecule has 2 unspecified atom stereocenters. The van der Waals surface area contributed by atoms with Crippen LogP contribution in [0.2, 0.25) is 5.02 Å². The highest BCUT2D eigenvalue weighted by Crippen LogP contribution is 2.33. The van der Waals surface area contributed by atoms with Gasteiger partial charge in [-0.1, -0.05) is 35.9 Å². The van der Waals surface area contributed by atoms with Crippen LogP contribution in [0.15, 0.2) is 72.8 Å². The fraction of sp³-hybridized carbons (Fsp3) is 0.259. The van der Waals surface area contributed by atoms with Crippen molar-refractivity contribution in [1.29, 1.82) is 0 Å². The number of aliphatic hydroxyl groups excluding tert-OH is 1. The van der Waals surface area contributed by atoms with Crippen molar-refractivity contribution in [2.75, 3.05) is 43.6 Å². The Balaban J connectivity index is 0.000000442. The lowest BCUT2D eigenvalue weighted by Gasteiger charge is -2.20. The lowest BCUT2D eigenvalue weighted by atomic mass is 10.2. The Bertz CT molecular complexity index is 1270. The summed E-state index contributed by atoms with van der Waals surface area (Å²) in [6.45, 7) is 2.92. The maximum atomic E-state index is 9.17. The molecule has 0 saturated carbocycles. The predicted molar refractivity (Wildman–Crippen MR) is 141 cm³/mol. The van der Waals surface area contributed by atoms with E-state index in [0.717, 1.165) is 22.8 Å². The molecule has 6 rings (SSSR count). The maximum Gasteiger partial charge on any atom is 0.232 e. The van der Waals surface area contributed by atoms with Crippen LogP contribution in [-0.4, -0.2) is 59.4 Å². The van der Waals surface area contributed by atoms with Gasteiger partial charge in [0.05, 0.1) is 6.61 Å². The van der Waals surface area contributed by atoms with Gasteiger partial charge >= 0.3 is 0 Å². The van der Waals surface area contributed by atoms with E-state index in [-0.39, 0.29) is 13.2 Å². The fourth-order valence-corrected chi connectivity index (χ4v) is 4.09.